The average Bonchev–Trinajstić information content (AvgIpc) is 2.70. The molecular formula is C12H19N3S. The summed E-state index contributed by atoms with van der Waals surface area (Å²) < 4.78 is 2.27. The summed E-state index contributed by atoms with van der Waals surface area (Å²) in [7, 11) is 0. The van der Waals surface area contributed by atoms with Crippen molar-refractivity contribution in [1.29, 1.82) is 0 Å². The van der Waals surface area contributed by atoms with Crippen molar-refractivity contribution in [2.75, 3.05) is 18.8 Å². The van der Waals surface area contributed by atoms with Crippen LogP contribution in [0.25, 0.3) is 0 Å². The summed E-state index contributed by atoms with van der Waals surface area (Å²) in [5.74, 6) is 2.26. The lowest BCUT2D eigenvalue weighted by atomic mass is 9.70. The molecule has 1 aromatic rings. The molecule has 1 saturated carbocycles. The van der Waals surface area contributed by atoms with E-state index in [2.05, 4.69) is 33.3 Å². The van der Waals surface area contributed by atoms with Gasteiger partial charge in [0, 0.05) is 32.0 Å². The van der Waals surface area contributed by atoms with Gasteiger partial charge in [-0.05, 0) is 24.0 Å². The summed E-state index contributed by atoms with van der Waals surface area (Å²) >= 11 is 4.53. The number of imidazole rings is 1. The van der Waals surface area contributed by atoms with Crippen LogP contribution in [0.4, 0.5) is 0 Å². The summed E-state index contributed by atoms with van der Waals surface area (Å²) in [6.07, 6.45) is 8.12. The normalized spacial score (nSPS) is 23.8. The molecule has 0 N–H and O–H groups in total. The maximum absolute atomic E-state index is 4.53. The van der Waals surface area contributed by atoms with Crippen molar-refractivity contribution in [2.24, 2.45) is 5.41 Å². The van der Waals surface area contributed by atoms with Gasteiger partial charge in [0.15, 0.2) is 0 Å². The number of rotatable bonds is 3. The molecule has 2 aliphatic rings. The smallest absolute Gasteiger partial charge is 0.122 e. The minimum atomic E-state index is 0.512. The molecule has 3 nitrogen and oxygen atoms in total. The molecule has 0 radical (unpaired) electrons. The third-order valence-electron chi connectivity index (χ3n) is 4.13. The fraction of sp³-hybridized carbons (Fsp3) is 0.750. The van der Waals surface area contributed by atoms with Crippen molar-refractivity contribution in [1.82, 2.24) is 14.5 Å². The maximum Gasteiger partial charge on any atom is 0.122 e. The van der Waals surface area contributed by atoms with E-state index in [0.29, 0.717) is 5.41 Å². The number of aromatic nitrogens is 2. The van der Waals surface area contributed by atoms with E-state index in [4.69, 9.17) is 0 Å². The van der Waals surface area contributed by atoms with Gasteiger partial charge in [-0.25, -0.2) is 4.98 Å². The first-order valence-corrected chi connectivity index (χ1v) is 6.78. The fourth-order valence-corrected chi connectivity index (χ4v) is 3.29. The van der Waals surface area contributed by atoms with Crippen LogP contribution in [-0.2, 0) is 13.1 Å². The van der Waals surface area contributed by atoms with Crippen LogP contribution in [0.5, 0.6) is 0 Å². The molecule has 0 atom stereocenters. The molecule has 2 heterocycles. The highest BCUT2D eigenvalue weighted by Gasteiger charge is 2.37. The first kappa shape index (κ1) is 10.7. The van der Waals surface area contributed by atoms with E-state index in [1.807, 2.05) is 6.20 Å². The molecule has 0 amide bonds. The number of hydrogen-bond donors (Lipinski definition) is 1. The molecule has 0 unspecified atom stereocenters. The Morgan fingerprint density at radius 3 is 2.94 bits per heavy atom. The molecule has 0 aromatic carbocycles. The number of thiol groups is 1. The summed E-state index contributed by atoms with van der Waals surface area (Å²) in [6.45, 7) is 4.49. The quantitative estimate of drug-likeness (QED) is 0.809. The largest absolute Gasteiger partial charge is 0.333 e. The highest BCUT2D eigenvalue weighted by Crippen LogP contribution is 2.42. The monoisotopic (exact) mass is 237 g/mol. The molecule has 3 rings (SSSR count). The van der Waals surface area contributed by atoms with Gasteiger partial charge in [-0.15, -0.1) is 0 Å². The first-order chi connectivity index (χ1) is 7.81. The molecule has 1 aromatic heterocycles. The zero-order valence-electron chi connectivity index (χ0n) is 9.60. The molecule has 1 aliphatic carbocycles. The van der Waals surface area contributed by atoms with Gasteiger partial charge in [0.25, 0.3) is 0 Å². The predicted molar refractivity (Wildman–Crippen MR) is 67.6 cm³/mol. The SMILES string of the molecule is SCC1(CN2CCn3ccnc3C2)CCC1. The van der Waals surface area contributed by atoms with Crippen LogP contribution in [0.1, 0.15) is 25.1 Å². The number of hydrogen-bond acceptors (Lipinski definition) is 3. The Hall–Kier alpha value is -0.480. The predicted octanol–water partition coefficient (Wildman–Crippen LogP) is 1.80. The van der Waals surface area contributed by atoms with Gasteiger partial charge in [-0.3, -0.25) is 4.90 Å². The van der Waals surface area contributed by atoms with Crippen molar-refractivity contribution >= 4 is 12.6 Å². The van der Waals surface area contributed by atoms with E-state index in [-0.39, 0.29) is 0 Å². The lowest BCUT2D eigenvalue weighted by Gasteiger charge is -2.45. The lowest BCUT2D eigenvalue weighted by Crippen LogP contribution is -2.46. The van der Waals surface area contributed by atoms with E-state index in [1.165, 1.54) is 38.2 Å². The second-order valence-corrected chi connectivity index (χ2v) is 5.58. The molecule has 1 aliphatic heterocycles. The maximum atomic E-state index is 4.53. The molecule has 0 spiro atoms. The first-order valence-electron chi connectivity index (χ1n) is 6.15. The van der Waals surface area contributed by atoms with E-state index in [1.54, 1.807) is 0 Å². The third-order valence-corrected chi connectivity index (χ3v) is 4.80. The zero-order chi connectivity index (χ0) is 11.0. The van der Waals surface area contributed by atoms with Crippen LogP contribution in [0, 0.1) is 5.41 Å². The summed E-state index contributed by atoms with van der Waals surface area (Å²) in [5, 5.41) is 0. The van der Waals surface area contributed by atoms with Gasteiger partial charge in [0.05, 0.1) is 6.54 Å². The van der Waals surface area contributed by atoms with Crippen LogP contribution in [0.2, 0.25) is 0 Å². The Kier molecular flexibility index (Phi) is 2.72. The van der Waals surface area contributed by atoms with E-state index in [9.17, 15) is 0 Å². The molecule has 88 valence electrons. The zero-order valence-corrected chi connectivity index (χ0v) is 10.5. The number of nitrogens with zero attached hydrogens (tertiary/aromatic N) is 3. The molecule has 4 heteroatoms. The van der Waals surface area contributed by atoms with Crippen LogP contribution in [-0.4, -0.2) is 33.3 Å². The van der Waals surface area contributed by atoms with E-state index < -0.39 is 0 Å². The standard InChI is InChI=1S/C12H19N3S/c16-10-12(2-1-3-12)9-14-6-7-15-5-4-13-11(15)8-14/h4-5,16H,1-3,6-10H2. The van der Waals surface area contributed by atoms with Crippen molar-refractivity contribution in [3.8, 4) is 0 Å². The topological polar surface area (TPSA) is 21.1 Å². The van der Waals surface area contributed by atoms with Crippen LogP contribution in [0.3, 0.4) is 0 Å². The lowest BCUT2D eigenvalue weighted by molar-refractivity contribution is 0.0737. The Bertz CT molecular complexity index is 365. The Labute approximate surface area is 102 Å². The van der Waals surface area contributed by atoms with E-state index in [0.717, 1.165) is 18.8 Å². The van der Waals surface area contributed by atoms with Crippen molar-refractivity contribution in [2.45, 2.75) is 32.4 Å². The van der Waals surface area contributed by atoms with E-state index >= 15 is 0 Å². The molecule has 0 saturated heterocycles. The Balaban J connectivity index is 1.65. The summed E-state index contributed by atoms with van der Waals surface area (Å²) in [5.41, 5.74) is 0.512. The summed E-state index contributed by atoms with van der Waals surface area (Å²) in [4.78, 5) is 6.96. The molecular weight excluding hydrogens is 218 g/mol. The van der Waals surface area contributed by atoms with Gasteiger partial charge < -0.3 is 4.57 Å². The minimum Gasteiger partial charge on any atom is -0.333 e. The molecule has 0 bridgehead atoms. The van der Waals surface area contributed by atoms with Crippen molar-refractivity contribution < 1.29 is 0 Å². The second kappa shape index (κ2) is 4.08. The highest BCUT2D eigenvalue weighted by atomic mass is 32.1. The third kappa shape index (κ3) is 1.78. The average molecular weight is 237 g/mol. The van der Waals surface area contributed by atoms with Gasteiger partial charge in [0.2, 0.25) is 0 Å². The van der Waals surface area contributed by atoms with Crippen LogP contribution in [0.15, 0.2) is 12.4 Å². The number of fused-ring (bicyclic) bond motifs is 1. The highest BCUT2D eigenvalue weighted by molar-refractivity contribution is 7.80. The molecule has 16 heavy (non-hydrogen) atoms. The Morgan fingerprint density at radius 2 is 2.25 bits per heavy atom. The Morgan fingerprint density at radius 1 is 1.38 bits per heavy atom. The van der Waals surface area contributed by atoms with Gasteiger partial charge >= 0.3 is 0 Å². The molecule has 1 fully saturated rings. The van der Waals surface area contributed by atoms with Crippen LogP contribution < -0.4 is 0 Å². The second-order valence-electron chi connectivity index (χ2n) is 5.26. The van der Waals surface area contributed by atoms with Crippen LogP contribution >= 0.6 is 12.6 Å². The van der Waals surface area contributed by atoms with Crippen molar-refractivity contribution in [3.63, 3.8) is 0 Å². The minimum absolute atomic E-state index is 0.512. The fourth-order valence-electron chi connectivity index (χ4n) is 2.88. The van der Waals surface area contributed by atoms with Gasteiger partial charge in [-0.1, -0.05) is 6.42 Å². The van der Waals surface area contributed by atoms with Gasteiger partial charge in [-0.2, -0.15) is 12.6 Å². The van der Waals surface area contributed by atoms with Gasteiger partial charge in [0.1, 0.15) is 5.82 Å². The summed E-state index contributed by atoms with van der Waals surface area (Å²) in [6, 6.07) is 0. The van der Waals surface area contributed by atoms with Crippen molar-refractivity contribution in [3.05, 3.63) is 18.2 Å².